The molecule has 0 radical (unpaired) electrons. The third kappa shape index (κ3) is 7.24. The molecule has 130 valence electrons. The average Bonchev–Trinajstić information content (AvgIpc) is 2.56. The summed E-state index contributed by atoms with van der Waals surface area (Å²) in [4.78, 5) is 2.20. The molecular formula is C18H30FN3S. The number of nitrogens with one attached hydrogen (secondary N) is 1. The maximum atomic E-state index is 14.2. The first-order valence-corrected chi connectivity index (χ1v) is 9.27. The van der Waals surface area contributed by atoms with Gasteiger partial charge in [-0.25, -0.2) is 4.39 Å². The van der Waals surface area contributed by atoms with E-state index < -0.39 is 0 Å². The zero-order valence-corrected chi connectivity index (χ0v) is 15.7. The van der Waals surface area contributed by atoms with Crippen LogP contribution in [0.3, 0.4) is 0 Å². The highest BCUT2D eigenvalue weighted by Gasteiger charge is 2.30. The number of likely N-dealkylation sites (tertiary alicyclic amines) is 1. The summed E-state index contributed by atoms with van der Waals surface area (Å²) in [7, 11) is 0. The number of allylic oxidation sites excluding steroid dienone is 1. The SMILES string of the molecule is C=C/C(NSC)=C(/F)C(=C)CN1CCC(C)(CC#N)CC1.CC. The van der Waals surface area contributed by atoms with Gasteiger partial charge in [-0.3, -0.25) is 4.90 Å². The standard InChI is InChI=1S/C16H24FN3S.C2H6/c1-5-14(19-21-4)15(17)13(2)12-20-10-7-16(3,6-9-18)8-11-20;1-2/h5,19H,1-2,6-8,10-12H2,3-4H3;1-2H3/b15-14-;. The van der Waals surface area contributed by atoms with E-state index >= 15 is 0 Å². The normalized spacial score (nSPS) is 17.9. The van der Waals surface area contributed by atoms with Gasteiger partial charge < -0.3 is 4.72 Å². The van der Waals surface area contributed by atoms with Gasteiger partial charge in [0.25, 0.3) is 0 Å². The van der Waals surface area contributed by atoms with Crippen LogP contribution in [0.15, 0.2) is 36.3 Å². The molecule has 0 spiro atoms. The van der Waals surface area contributed by atoms with E-state index in [9.17, 15) is 4.39 Å². The van der Waals surface area contributed by atoms with Crippen LogP contribution in [0.25, 0.3) is 0 Å². The first-order chi connectivity index (χ1) is 11.0. The first-order valence-electron chi connectivity index (χ1n) is 8.04. The summed E-state index contributed by atoms with van der Waals surface area (Å²) in [6.07, 6.45) is 5.83. The number of halogens is 1. The maximum absolute atomic E-state index is 14.2. The number of nitriles is 1. The van der Waals surface area contributed by atoms with Gasteiger partial charge in [0.1, 0.15) is 0 Å². The van der Waals surface area contributed by atoms with Gasteiger partial charge in [0.15, 0.2) is 5.83 Å². The van der Waals surface area contributed by atoms with Crippen LogP contribution in [-0.2, 0) is 0 Å². The fraction of sp³-hybridized carbons (Fsp3) is 0.611. The smallest absolute Gasteiger partial charge is 0.150 e. The van der Waals surface area contributed by atoms with Crippen LogP contribution in [0.5, 0.6) is 0 Å². The molecule has 0 bridgehead atoms. The van der Waals surface area contributed by atoms with Crippen LogP contribution < -0.4 is 4.72 Å². The molecule has 0 unspecified atom stereocenters. The molecule has 1 rings (SSSR count). The minimum absolute atomic E-state index is 0.105. The minimum Gasteiger partial charge on any atom is -0.328 e. The van der Waals surface area contributed by atoms with Crippen molar-refractivity contribution in [2.24, 2.45) is 5.41 Å². The van der Waals surface area contributed by atoms with Crippen molar-refractivity contribution >= 4 is 11.9 Å². The highest BCUT2D eigenvalue weighted by Crippen LogP contribution is 2.34. The van der Waals surface area contributed by atoms with Crippen LogP contribution >= 0.6 is 11.9 Å². The van der Waals surface area contributed by atoms with Gasteiger partial charge in [0, 0.05) is 19.2 Å². The average molecular weight is 340 g/mol. The summed E-state index contributed by atoms with van der Waals surface area (Å²) in [6.45, 7) is 15.9. The fourth-order valence-corrected chi connectivity index (χ4v) is 2.83. The molecule has 1 aliphatic rings. The Kier molecular flexibility index (Phi) is 10.7. The molecule has 0 aliphatic carbocycles. The molecule has 0 aromatic heterocycles. The van der Waals surface area contributed by atoms with Crippen molar-refractivity contribution in [1.82, 2.24) is 9.62 Å². The minimum atomic E-state index is -0.329. The van der Waals surface area contributed by atoms with Crippen molar-refractivity contribution in [3.05, 3.63) is 36.3 Å². The van der Waals surface area contributed by atoms with E-state index in [1.807, 2.05) is 20.1 Å². The summed E-state index contributed by atoms with van der Waals surface area (Å²) in [6, 6.07) is 2.26. The van der Waals surface area contributed by atoms with Crippen LogP contribution in [0.2, 0.25) is 0 Å². The third-order valence-electron chi connectivity index (χ3n) is 3.95. The molecule has 0 aromatic rings. The molecule has 3 nitrogen and oxygen atoms in total. The van der Waals surface area contributed by atoms with Gasteiger partial charge in [-0.1, -0.05) is 45.9 Å². The highest BCUT2D eigenvalue weighted by molar-refractivity contribution is 7.96. The Hall–Kier alpha value is -1.25. The lowest BCUT2D eigenvalue weighted by Gasteiger charge is -2.38. The van der Waals surface area contributed by atoms with Crippen LogP contribution in [-0.4, -0.2) is 30.8 Å². The number of hydrogen-bond acceptors (Lipinski definition) is 4. The van der Waals surface area contributed by atoms with Gasteiger partial charge >= 0.3 is 0 Å². The predicted molar refractivity (Wildman–Crippen MR) is 99.5 cm³/mol. The predicted octanol–water partition coefficient (Wildman–Crippen LogP) is 4.82. The van der Waals surface area contributed by atoms with E-state index in [0.29, 0.717) is 24.2 Å². The lowest BCUT2D eigenvalue weighted by molar-refractivity contribution is 0.129. The Morgan fingerprint density at radius 3 is 2.43 bits per heavy atom. The van der Waals surface area contributed by atoms with Gasteiger partial charge in [0.2, 0.25) is 0 Å². The molecule has 1 aliphatic heterocycles. The van der Waals surface area contributed by atoms with E-state index in [4.69, 9.17) is 5.26 Å². The van der Waals surface area contributed by atoms with Crippen molar-refractivity contribution in [3.8, 4) is 6.07 Å². The topological polar surface area (TPSA) is 39.1 Å². The second kappa shape index (κ2) is 11.3. The monoisotopic (exact) mass is 339 g/mol. The second-order valence-corrected chi connectivity index (χ2v) is 6.38. The third-order valence-corrected chi connectivity index (χ3v) is 4.37. The van der Waals surface area contributed by atoms with Crippen LogP contribution in [0, 0.1) is 16.7 Å². The van der Waals surface area contributed by atoms with Gasteiger partial charge in [-0.15, -0.1) is 0 Å². The molecule has 0 atom stereocenters. The Labute approximate surface area is 145 Å². The Bertz CT molecular complexity index is 457. The van der Waals surface area contributed by atoms with E-state index in [0.717, 1.165) is 25.9 Å². The van der Waals surface area contributed by atoms with Gasteiger partial charge in [0.05, 0.1) is 11.8 Å². The maximum Gasteiger partial charge on any atom is 0.150 e. The van der Waals surface area contributed by atoms with E-state index in [1.54, 1.807) is 0 Å². The van der Waals surface area contributed by atoms with E-state index in [2.05, 4.69) is 35.8 Å². The molecule has 1 heterocycles. The highest BCUT2D eigenvalue weighted by atomic mass is 32.2. The Balaban J connectivity index is 0.00000232. The largest absolute Gasteiger partial charge is 0.328 e. The summed E-state index contributed by atoms with van der Waals surface area (Å²) >= 11 is 1.33. The lowest BCUT2D eigenvalue weighted by Crippen LogP contribution is -2.39. The zero-order chi connectivity index (χ0) is 17.9. The van der Waals surface area contributed by atoms with Gasteiger partial charge in [-0.05, 0) is 43.0 Å². The second-order valence-electron chi connectivity index (χ2n) is 5.76. The van der Waals surface area contributed by atoms with E-state index in [1.165, 1.54) is 18.0 Å². The lowest BCUT2D eigenvalue weighted by atomic mass is 9.78. The molecule has 1 fully saturated rings. The molecule has 0 aromatic carbocycles. The Morgan fingerprint density at radius 1 is 1.43 bits per heavy atom. The summed E-state index contributed by atoms with van der Waals surface area (Å²) < 4.78 is 17.1. The summed E-state index contributed by atoms with van der Waals surface area (Å²) in [5, 5.41) is 8.85. The molecule has 1 N–H and O–H groups in total. The van der Waals surface area contributed by atoms with Crippen LogP contribution in [0.4, 0.5) is 4.39 Å². The molecule has 5 heteroatoms. The zero-order valence-electron chi connectivity index (χ0n) is 14.9. The number of piperidine rings is 1. The molecular weight excluding hydrogens is 309 g/mol. The fourth-order valence-electron chi connectivity index (χ4n) is 2.43. The van der Waals surface area contributed by atoms with Crippen molar-refractivity contribution < 1.29 is 4.39 Å². The van der Waals surface area contributed by atoms with Crippen molar-refractivity contribution in [1.29, 1.82) is 5.26 Å². The number of hydrogen-bond donors (Lipinski definition) is 1. The number of rotatable bonds is 7. The van der Waals surface area contributed by atoms with Crippen molar-refractivity contribution in [2.45, 2.75) is 40.0 Å². The number of nitrogens with zero attached hydrogens (tertiary/aromatic N) is 2. The summed E-state index contributed by atoms with van der Waals surface area (Å²) in [5.74, 6) is -0.329. The summed E-state index contributed by atoms with van der Waals surface area (Å²) in [5.41, 5.74) is 0.947. The quantitative estimate of drug-likeness (QED) is 0.533. The molecule has 23 heavy (non-hydrogen) atoms. The van der Waals surface area contributed by atoms with E-state index in [-0.39, 0.29) is 11.2 Å². The molecule has 1 saturated heterocycles. The van der Waals surface area contributed by atoms with Crippen LogP contribution in [0.1, 0.15) is 40.0 Å². The van der Waals surface area contributed by atoms with Crippen molar-refractivity contribution in [3.63, 3.8) is 0 Å². The first kappa shape index (κ1) is 21.8. The van der Waals surface area contributed by atoms with Gasteiger partial charge in [-0.2, -0.15) is 5.26 Å². The Morgan fingerprint density at radius 2 is 2.00 bits per heavy atom. The molecule has 0 amide bonds. The molecule has 0 saturated carbocycles. The van der Waals surface area contributed by atoms with Crippen molar-refractivity contribution in [2.75, 3.05) is 25.9 Å².